The highest BCUT2D eigenvalue weighted by molar-refractivity contribution is 5.90. The molecule has 2 nitrogen and oxygen atoms in total. The topological polar surface area (TPSA) is 24.7 Å². The van der Waals surface area contributed by atoms with E-state index in [4.69, 9.17) is 0 Å². The van der Waals surface area contributed by atoms with Crippen molar-refractivity contribution in [2.75, 3.05) is 0 Å². The standard InChI is InChI=1S/C8H12N2/c1-2-5-8-9-6-3-4-7-10-8/h3,6-7H,2,4-5H2,1H3. The molecule has 0 saturated heterocycles. The van der Waals surface area contributed by atoms with Crippen molar-refractivity contribution >= 4 is 12.1 Å². The Hall–Kier alpha value is -0.920. The molecule has 0 aromatic rings. The highest BCUT2D eigenvalue weighted by Crippen LogP contribution is 1.98. The van der Waals surface area contributed by atoms with Gasteiger partial charge in [0.15, 0.2) is 0 Å². The van der Waals surface area contributed by atoms with E-state index in [-0.39, 0.29) is 0 Å². The fourth-order valence-corrected chi connectivity index (χ4v) is 0.805. The Morgan fingerprint density at radius 1 is 1.60 bits per heavy atom. The summed E-state index contributed by atoms with van der Waals surface area (Å²) in [5.41, 5.74) is 0. The number of aliphatic imine (C=N–C) groups is 2. The molecular weight excluding hydrogens is 124 g/mol. The van der Waals surface area contributed by atoms with Crippen LogP contribution in [-0.4, -0.2) is 12.1 Å². The maximum atomic E-state index is 4.18. The first-order valence-electron chi connectivity index (χ1n) is 3.67. The molecule has 0 atom stereocenters. The molecule has 0 saturated carbocycles. The zero-order valence-electron chi connectivity index (χ0n) is 6.25. The van der Waals surface area contributed by atoms with Crippen molar-refractivity contribution < 1.29 is 0 Å². The third-order valence-electron chi connectivity index (χ3n) is 1.28. The predicted octanol–water partition coefficient (Wildman–Crippen LogP) is 2.17. The number of amidine groups is 1. The highest BCUT2D eigenvalue weighted by atomic mass is 14.9. The Morgan fingerprint density at radius 2 is 2.50 bits per heavy atom. The zero-order chi connectivity index (χ0) is 7.23. The van der Waals surface area contributed by atoms with Gasteiger partial charge in [-0.3, -0.25) is 0 Å². The Kier molecular flexibility index (Phi) is 2.87. The van der Waals surface area contributed by atoms with Gasteiger partial charge in [-0.05, 0) is 6.42 Å². The Bertz CT molecular complexity index is 178. The minimum atomic E-state index is 0.913. The van der Waals surface area contributed by atoms with Crippen LogP contribution in [-0.2, 0) is 0 Å². The zero-order valence-corrected chi connectivity index (χ0v) is 6.25. The molecule has 0 amide bonds. The lowest BCUT2D eigenvalue weighted by Gasteiger charge is -1.92. The first kappa shape index (κ1) is 7.19. The van der Waals surface area contributed by atoms with Gasteiger partial charge in [0.25, 0.3) is 0 Å². The molecule has 0 N–H and O–H groups in total. The molecule has 0 aliphatic carbocycles. The SMILES string of the molecule is CCCC1=NC=CCC=N1. The van der Waals surface area contributed by atoms with E-state index >= 15 is 0 Å². The third kappa shape index (κ3) is 2.13. The van der Waals surface area contributed by atoms with Gasteiger partial charge >= 0.3 is 0 Å². The summed E-state index contributed by atoms with van der Waals surface area (Å²) in [5.74, 6) is 0.955. The molecule has 0 aromatic heterocycles. The molecule has 0 bridgehead atoms. The van der Waals surface area contributed by atoms with Gasteiger partial charge in [0.05, 0.1) is 0 Å². The molecule has 2 heteroatoms. The summed E-state index contributed by atoms with van der Waals surface area (Å²) in [4.78, 5) is 8.33. The van der Waals surface area contributed by atoms with E-state index in [1.165, 1.54) is 0 Å². The molecule has 0 spiro atoms. The van der Waals surface area contributed by atoms with Crippen LogP contribution >= 0.6 is 0 Å². The Labute approximate surface area is 61.4 Å². The monoisotopic (exact) mass is 136 g/mol. The number of hydrogen-bond acceptors (Lipinski definition) is 2. The van der Waals surface area contributed by atoms with Gasteiger partial charge in [-0.2, -0.15) is 0 Å². The maximum absolute atomic E-state index is 4.18. The van der Waals surface area contributed by atoms with E-state index in [9.17, 15) is 0 Å². The fraction of sp³-hybridized carbons (Fsp3) is 0.500. The molecule has 0 radical (unpaired) electrons. The van der Waals surface area contributed by atoms with E-state index in [0.717, 1.165) is 25.1 Å². The first-order chi connectivity index (χ1) is 4.93. The quantitative estimate of drug-likeness (QED) is 0.556. The van der Waals surface area contributed by atoms with Crippen LogP contribution in [0.5, 0.6) is 0 Å². The molecule has 1 aliphatic rings. The van der Waals surface area contributed by atoms with Crippen molar-refractivity contribution in [3.05, 3.63) is 12.3 Å². The summed E-state index contributed by atoms with van der Waals surface area (Å²) in [6.45, 7) is 2.13. The van der Waals surface area contributed by atoms with Crippen LogP contribution in [0.25, 0.3) is 0 Å². The van der Waals surface area contributed by atoms with Gasteiger partial charge in [0.1, 0.15) is 5.84 Å². The summed E-state index contributed by atoms with van der Waals surface area (Å²) < 4.78 is 0. The van der Waals surface area contributed by atoms with Gasteiger partial charge < -0.3 is 0 Å². The second-order valence-corrected chi connectivity index (χ2v) is 2.23. The molecular formula is C8H12N2. The largest absolute Gasteiger partial charge is 0.245 e. The van der Waals surface area contributed by atoms with Gasteiger partial charge in [-0.25, -0.2) is 9.98 Å². The van der Waals surface area contributed by atoms with Crippen molar-refractivity contribution in [1.29, 1.82) is 0 Å². The number of allylic oxidation sites excluding steroid dienone is 1. The molecule has 0 fully saturated rings. The van der Waals surface area contributed by atoms with Crippen molar-refractivity contribution in [2.45, 2.75) is 26.2 Å². The maximum Gasteiger partial charge on any atom is 0.127 e. The van der Waals surface area contributed by atoms with Gasteiger partial charge in [0, 0.05) is 25.3 Å². The first-order valence-corrected chi connectivity index (χ1v) is 3.67. The van der Waals surface area contributed by atoms with Crippen LogP contribution in [0.4, 0.5) is 0 Å². The lowest BCUT2D eigenvalue weighted by Crippen LogP contribution is -1.90. The van der Waals surface area contributed by atoms with E-state index in [2.05, 4.69) is 16.9 Å². The smallest absolute Gasteiger partial charge is 0.127 e. The van der Waals surface area contributed by atoms with Gasteiger partial charge in [-0.15, -0.1) is 0 Å². The lowest BCUT2D eigenvalue weighted by molar-refractivity contribution is 0.984. The molecule has 1 heterocycles. The molecule has 1 rings (SSSR count). The van der Waals surface area contributed by atoms with Crippen LogP contribution in [0.3, 0.4) is 0 Å². The van der Waals surface area contributed by atoms with Crippen molar-refractivity contribution in [1.82, 2.24) is 0 Å². The van der Waals surface area contributed by atoms with Gasteiger partial charge in [0.2, 0.25) is 0 Å². The van der Waals surface area contributed by atoms with Crippen LogP contribution in [0.1, 0.15) is 26.2 Å². The number of hydrogen-bond donors (Lipinski definition) is 0. The normalized spacial score (nSPS) is 16.7. The van der Waals surface area contributed by atoms with E-state index in [1.54, 1.807) is 0 Å². The van der Waals surface area contributed by atoms with E-state index in [1.807, 2.05) is 18.5 Å². The summed E-state index contributed by atoms with van der Waals surface area (Å²) in [5, 5.41) is 0. The summed E-state index contributed by atoms with van der Waals surface area (Å²) in [6.07, 6.45) is 8.75. The molecule has 10 heavy (non-hydrogen) atoms. The van der Waals surface area contributed by atoms with Gasteiger partial charge in [-0.1, -0.05) is 13.0 Å². The second-order valence-electron chi connectivity index (χ2n) is 2.23. The van der Waals surface area contributed by atoms with Crippen LogP contribution in [0, 0.1) is 0 Å². The third-order valence-corrected chi connectivity index (χ3v) is 1.28. The van der Waals surface area contributed by atoms with Crippen molar-refractivity contribution in [2.24, 2.45) is 9.98 Å². The summed E-state index contributed by atoms with van der Waals surface area (Å²) in [7, 11) is 0. The second kappa shape index (κ2) is 3.99. The van der Waals surface area contributed by atoms with Crippen LogP contribution in [0.15, 0.2) is 22.3 Å². The van der Waals surface area contributed by atoms with Crippen molar-refractivity contribution in [3.63, 3.8) is 0 Å². The van der Waals surface area contributed by atoms with E-state index < -0.39 is 0 Å². The summed E-state index contributed by atoms with van der Waals surface area (Å²) >= 11 is 0. The minimum absolute atomic E-state index is 0.913. The molecule has 1 aliphatic heterocycles. The molecule has 54 valence electrons. The predicted molar refractivity (Wildman–Crippen MR) is 44.6 cm³/mol. The Balaban J connectivity index is 2.55. The summed E-state index contributed by atoms with van der Waals surface area (Å²) in [6, 6.07) is 0. The average Bonchev–Trinajstić information content (AvgIpc) is 2.17. The van der Waals surface area contributed by atoms with E-state index in [0.29, 0.717) is 0 Å². The minimum Gasteiger partial charge on any atom is -0.245 e. The lowest BCUT2D eigenvalue weighted by atomic mass is 10.3. The van der Waals surface area contributed by atoms with Crippen LogP contribution < -0.4 is 0 Å². The van der Waals surface area contributed by atoms with Crippen LogP contribution in [0.2, 0.25) is 0 Å². The fourth-order valence-electron chi connectivity index (χ4n) is 0.805. The molecule has 0 unspecified atom stereocenters. The average molecular weight is 136 g/mol. The Morgan fingerprint density at radius 3 is 3.30 bits per heavy atom. The number of nitrogens with zero attached hydrogens (tertiary/aromatic N) is 2. The number of rotatable bonds is 2. The van der Waals surface area contributed by atoms with Crippen molar-refractivity contribution in [3.8, 4) is 0 Å². The molecule has 0 aromatic carbocycles. The highest BCUT2D eigenvalue weighted by Gasteiger charge is 1.92.